The van der Waals surface area contributed by atoms with Gasteiger partial charge in [-0.15, -0.1) is 11.8 Å². The molecule has 0 saturated heterocycles. The second-order valence-corrected chi connectivity index (χ2v) is 5.32. The Hall–Kier alpha value is -2.21. The maximum absolute atomic E-state index is 12.9. The standard InChI is InChI=1S/C15H14FNO3S/c16-10-5-6-14(12(17)9-10)21-8-7-20-13-4-2-1-3-11(13)15(18)19/h1-6,9H,7-8,17H2,(H,18,19). The number of halogens is 1. The number of nitrogens with two attached hydrogens (primary N) is 1. The van der Waals surface area contributed by atoms with Gasteiger partial charge in [0.15, 0.2) is 0 Å². The molecule has 21 heavy (non-hydrogen) atoms. The SMILES string of the molecule is Nc1cc(F)ccc1SCCOc1ccccc1C(=O)O. The normalized spacial score (nSPS) is 10.3. The molecule has 6 heteroatoms. The predicted octanol–water partition coefficient (Wildman–Crippen LogP) is 3.28. The average molecular weight is 307 g/mol. The largest absolute Gasteiger partial charge is 0.492 e. The number of carbonyl (C=O) groups is 1. The van der Waals surface area contributed by atoms with E-state index >= 15 is 0 Å². The molecule has 0 heterocycles. The number of ether oxygens (including phenoxy) is 1. The van der Waals surface area contributed by atoms with Crippen molar-refractivity contribution in [1.82, 2.24) is 0 Å². The highest BCUT2D eigenvalue weighted by molar-refractivity contribution is 7.99. The van der Waals surface area contributed by atoms with Crippen molar-refractivity contribution in [3.63, 3.8) is 0 Å². The summed E-state index contributed by atoms with van der Waals surface area (Å²) in [5.41, 5.74) is 6.21. The number of thioether (sulfide) groups is 1. The minimum Gasteiger partial charge on any atom is -0.492 e. The summed E-state index contributed by atoms with van der Waals surface area (Å²) in [6, 6.07) is 10.7. The summed E-state index contributed by atoms with van der Waals surface area (Å²) in [5.74, 6) is -0.494. The Kier molecular flexibility index (Phi) is 5.05. The van der Waals surface area contributed by atoms with E-state index in [1.807, 2.05) is 0 Å². The topological polar surface area (TPSA) is 72.5 Å². The van der Waals surface area contributed by atoms with Gasteiger partial charge in [-0.3, -0.25) is 0 Å². The van der Waals surface area contributed by atoms with E-state index < -0.39 is 5.97 Å². The Morgan fingerprint density at radius 1 is 1.29 bits per heavy atom. The van der Waals surface area contributed by atoms with Gasteiger partial charge in [-0.05, 0) is 30.3 Å². The third kappa shape index (κ3) is 4.13. The average Bonchev–Trinajstić information content (AvgIpc) is 2.45. The number of carboxylic acid groups (broad SMARTS) is 1. The zero-order chi connectivity index (χ0) is 15.2. The zero-order valence-electron chi connectivity index (χ0n) is 11.1. The van der Waals surface area contributed by atoms with E-state index in [-0.39, 0.29) is 11.4 Å². The van der Waals surface area contributed by atoms with Crippen molar-refractivity contribution >= 4 is 23.4 Å². The Bertz CT molecular complexity index is 649. The molecule has 2 rings (SSSR count). The maximum Gasteiger partial charge on any atom is 0.339 e. The van der Waals surface area contributed by atoms with Crippen LogP contribution in [0.15, 0.2) is 47.4 Å². The molecule has 0 radical (unpaired) electrons. The van der Waals surface area contributed by atoms with Crippen LogP contribution in [-0.2, 0) is 0 Å². The van der Waals surface area contributed by atoms with Gasteiger partial charge in [0.1, 0.15) is 17.1 Å². The highest BCUT2D eigenvalue weighted by atomic mass is 32.2. The fourth-order valence-electron chi connectivity index (χ4n) is 1.72. The van der Waals surface area contributed by atoms with Gasteiger partial charge in [-0.2, -0.15) is 0 Å². The maximum atomic E-state index is 12.9. The first-order valence-electron chi connectivity index (χ1n) is 6.21. The van der Waals surface area contributed by atoms with Crippen molar-refractivity contribution in [2.45, 2.75) is 4.90 Å². The van der Waals surface area contributed by atoms with Crippen LogP contribution in [0.2, 0.25) is 0 Å². The number of aromatic carboxylic acids is 1. The van der Waals surface area contributed by atoms with E-state index in [0.717, 1.165) is 4.90 Å². The Morgan fingerprint density at radius 2 is 2.05 bits per heavy atom. The molecular weight excluding hydrogens is 293 g/mol. The number of anilines is 1. The van der Waals surface area contributed by atoms with Crippen molar-refractivity contribution in [2.24, 2.45) is 0 Å². The van der Waals surface area contributed by atoms with E-state index in [4.69, 9.17) is 15.6 Å². The van der Waals surface area contributed by atoms with Crippen LogP contribution in [0.5, 0.6) is 5.75 Å². The Labute approximate surface area is 125 Å². The summed E-state index contributed by atoms with van der Waals surface area (Å²) in [6.07, 6.45) is 0. The number of hydrogen-bond acceptors (Lipinski definition) is 4. The summed E-state index contributed by atoms with van der Waals surface area (Å²) in [6.45, 7) is 0.325. The Balaban J connectivity index is 1.89. The minimum absolute atomic E-state index is 0.129. The van der Waals surface area contributed by atoms with Crippen LogP contribution in [0.25, 0.3) is 0 Å². The summed E-state index contributed by atoms with van der Waals surface area (Å²) in [4.78, 5) is 11.8. The van der Waals surface area contributed by atoms with Gasteiger partial charge in [0.25, 0.3) is 0 Å². The van der Waals surface area contributed by atoms with E-state index in [0.29, 0.717) is 23.8 Å². The minimum atomic E-state index is -1.03. The molecule has 0 aromatic heterocycles. The second-order valence-electron chi connectivity index (χ2n) is 4.18. The van der Waals surface area contributed by atoms with Crippen LogP contribution in [0.3, 0.4) is 0 Å². The van der Waals surface area contributed by atoms with Crippen LogP contribution in [0, 0.1) is 5.82 Å². The number of benzene rings is 2. The predicted molar refractivity (Wildman–Crippen MR) is 80.4 cm³/mol. The lowest BCUT2D eigenvalue weighted by atomic mass is 10.2. The molecule has 0 aliphatic heterocycles. The van der Waals surface area contributed by atoms with Gasteiger partial charge in [0.05, 0.1) is 6.61 Å². The molecule has 0 saturated carbocycles. The van der Waals surface area contributed by atoms with Crippen LogP contribution in [-0.4, -0.2) is 23.4 Å². The van der Waals surface area contributed by atoms with E-state index in [2.05, 4.69) is 0 Å². The lowest BCUT2D eigenvalue weighted by Crippen LogP contribution is -2.06. The smallest absolute Gasteiger partial charge is 0.339 e. The molecule has 0 amide bonds. The molecule has 0 bridgehead atoms. The van der Waals surface area contributed by atoms with Gasteiger partial charge in [0, 0.05) is 16.3 Å². The number of hydrogen-bond donors (Lipinski definition) is 2. The number of carboxylic acids is 1. The van der Waals surface area contributed by atoms with Crippen LogP contribution < -0.4 is 10.5 Å². The number of nitrogen functional groups attached to an aromatic ring is 1. The summed E-state index contributed by atoms with van der Waals surface area (Å²) in [7, 11) is 0. The molecule has 2 aromatic rings. The highest BCUT2D eigenvalue weighted by Crippen LogP contribution is 2.26. The first-order chi connectivity index (χ1) is 10.1. The quantitative estimate of drug-likeness (QED) is 0.487. The summed E-state index contributed by atoms with van der Waals surface area (Å²) < 4.78 is 18.4. The van der Waals surface area contributed by atoms with Gasteiger partial charge in [-0.25, -0.2) is 9.18 Å². The third-order valence-corrected chi connectivity index (χ3v) is 3.74. The lowest BCUT2D eigenvalue weighted by Gasteiger charge is -2.09. The van der Waals surface area contributed by atoms with E-state index in [1.54, 1.807) is 24.3 Å². The number of rotatable bonds is 6. The molecule has 0 unspecified atom stereocenters. The van der Waals surface area contributed by atoms with Crippen molar-refractivity contribution in [2.75, 3.05) is 18.1 Å². The summed E-state index contributed by atoms with van der Waals surface area (Å²) in [5, 5.41) is 9.03. The molecule has 0 spiro atoms. The first-order valence-corrected chi connectivity index (χ1v) is 7.19. The van der Waals surface area contributed by atoms with Crippen LogP contribution >= 0.6 is 11.8 Å². The van der Waals surface area contributed by atoms with Crippen molar-refractivity contribution in [3.8, 4) is 5.75 Å². The molecule has 2 aromatic carbocycles. The molecule has 0 aliphatic rings. The molecule has 3 N–H and O–H groups in total. The molecule has 0 fully saturated rings. The van der Waals surface area contributed by atoms with Crippen LogP contribution in [0.1, 0.15) is 10.4 Å². The fraction of sp³-hybridized carbons (Fsp3) is 0.133. The van der Waals surface area contributed by atoms with Gasteiger partial charge in [0.2, 0.25) is 0 Å². The lowest BCUT2D eigenvalue weighted by molar-refractivity contribution is 0.0692. The molecule has 110 valence electrons. The zero-order valence-corrected chi connectivity index (χ0v) is 11.9. The highest BCUT2D eigenvalue weighted by Gasteiger charge is 2.10. The van der Waals surface area contributed by atoms with Crippen LogP contribution in [0.4, 0.5) is 10.1 Å². The second kappa shape index (κ2) is 6.99. The molecule has 4 nitrogen and oxygen atoms in total. The summed E-state index contributed by atoms with van der Waals surface area (Å²) >= 11 is 1.43. The monoisotopic (exact) mass is 307 g/mol. The first kappa shape index (κ1) is 15.2. The van der Waals surface area contributed by atoms with Crippen molar-refractivity contribution in [3.05, 3.63) is 53.8 Å². The fourth-order valence-corrected chi connectivity index (χ4v) is 2.50. The molecular formula is C15H14FNO3S. The van der Waals surface area contributed by atoms with E-state index in [9.17, 15) is 9.18 Å². The number of para-hydroxylation sites is 1. The van der Waals surface area contributed by atoms with E-state index in [1.165, 1.54) is 30.0 Å². The van der Waals surface area contributed by atoms with Crippen molar-refractivity contribution < 1.29 is 19.0 Å². The van der Waals surface area contributed by atoms with Gasteiger partial charge in [-0.1, -0.05) is 12.1 Å². The molecule has 0 atom stereocenters. The Morgan fingerprint density at radius 3 is 2.76 bits per heavy atom. The van der Waals surface area contributed by atoms with Gasteiger partial charge >= 0.3 is 5.97 Å². The van der Waals surface area contributed by atoms with Crippen molar-refractivity contribution in [1.29, 1.82) is 0 Å². The van der Waals surface area contributed by atoms with Gasteiger partial charge < -0.3 is 15.6 Å². The third-order valence-electron chi connectivity index (χ3n) is 2.69. The molecule has 0 aliphatic carbocycles.